The molecule has 0 fully saturated rings. The number of amides is 1. The van der Waals surface area contributed by atoms with Crippen LogP contribution in [0.2, 0.25) is 0 Å². The van der Waals surface area contributed by atoms with E-state index in [1.165, 1.54) is 6.08 Å². The van der Waals surface area contributed by atoms with E-state index < -0.39 is 0 Å². The van der Waals surface area contributed by atoms with E-state index in [9.17, 15) is 4.79 Å². The van der Waals surface area contributed by atoms with Gasteiger partial charge < -0.3 is 24.4 Å². The first kappa shape index (κ1) is 19.2. The molecule has 0 spiro atoms. The zero-order chi connectivity index (χ0) is 19.1. The number of rotatable bonds is 7. The predicted octanol–water partition coefficient (Wildman–Crippen LogP) is 3.43. The number of carbonyl (C=O) groups excluding carboxylic acids is 1. The van der Waals surface area contributed by atoms with Gasteiger partial charge in [-0.15, -0.1) is 0 Å². The van der Waals surface area contributed by atoms with E-state index in [1.54, 1.807) is 39.5 Å². The van der Waals surface area contributed by atoms with Crippen LogP contribution in [0.25, 0.3) is 6.08 Å². The minimum Gasteiger partial charge on any atom is -0.493 e. The summed E-state index contributed by atoms with van der Waals surface area (Å²) in [7, 11) is 8.58. The molecule has 0 saturated heterocycles. The summed E-state index contributed by atoms with van der Waals surface area (Å²) >= 11 is 0. The summed E-state index contributed by atoms with van der Waals surface area (Å²) in [4.78, 5) is 14.1. The van der Waals surface area contributed by atoms with Crippen molar-refractivity contribution >= 4 is 23.4 Å². The summed E-state index contributed by atoms with van der Waals surface area (Å²) in [6, 6.07) is 11.2. The van der Waals surface area contributed by atoms with Crippen molar-refractivity contribution in [1.29, 1.82) is 0 Å². The average Bonchev–Trinajstić information content (AvgIpc) is 2.65. The van der Waals surface area contributed by atoms with Crippen LogP contribution < -0.4 is 24.4 Å². The maximum atomic E-state index is 12.1. The van der Waals surface area contributed by atoms with E-state index >= 15 is 0 Å². The number of hydrogen-bond acceptors (Lipinski definition) is 5. The van der Waals surface area contributed by atoms with Crippen molar-refractivity contribution in [2.24, 2.45) is 0 Å². The van der Waals surface area contributed by atoms with E-state index in [0.29, 0.717) is 17.2 Å². The first-order valence-corrected chi connectivity index (χ1v) is 8.05. The van der Waals surface area contributed by atoms with Crippen molar-refractivity contribution in [3.8, 4) is 17.2 Å². The van der Waals surface area contributed by atoms with Crippen LogP contribution in [0.1, 0.15) is 5.56 Å². The Morgan fingerprint density at radius 2 is 1.54 bits per heavy atom. The van der Waals surface area contributed by atoms with Gasteiger partial charge in [0.05, 0.1) is 21.3 Å². The van der Waals surface area contributed by atoms with Crippen LogP contribution in [0.3, 0.4) is 0 Å². The highest BCUT2D eigenvalue weighted by Crippen LogP contribution is 2.38. The Kier molecular flexibility index (Phi) is 6.49. The number of nitrogens with zero attached hydrogens (tertiary/aromatic N) is 1. The average molecular weight is 356 g/mol. The topological polar surface area (TPSA) is 60.0 Å². The Bertz CT molecular complexity index is 758. The first-order valence-electron chi connectivity index (χ1n) is 8.05. The van der Waals surface area contributed by atoms with Gasteiger partial charge in [-0.2, -0.15) is 0 Å². The van der Waals surface area contributed by atoms with Crippen LogP contribution in [0, 0.1) is 0 Å². The third-order valence-corrected chi connectivity index (χ3v) is 3.77. The van der Waals surface area contributed by atoms with Gasteiger partial charge in [0.2, 0.25) is 11.7 Å². The zero-order valence-corrected chi connectivity index (χ0v) is 15.7. The third kappa shape index (κ3) is 4.69. The van der Waals surface area contributed by atoms with Crippen molar-refractivity contribution in [3.05, 3.63) is 48.0 Å². The van der Waals surface area contributed by atoms with Crippen molar-refractivity contribution < 1.29 is 19.0 Å². The molecule has 2 aromatic rings. The standard InChI is InChI=1S/C20H24N2O4/c1-22(2)16-9-7-15(8-10-16)21-19(23)11-6-14-12-17(24-3)20(26-5)18(13-14)25-4/h6-13H,1-5H3,(H,21,23)/b11-6+. The Morgan fingerprint density at radius 3 is 2.00 bits per heavy atom. The Labute approximate surface area is 154 Å². The van der Waals surface area contributed by atoms with Crippen LogP contribution >= 0.6 is 0 Å². The molecule has 0 aliphatic rings. The third-order valence-electron chi connectivity index (χ3n) is 3.77. The molecule has 0 aromatic heterocycles. The monoisotopic (exact) mass is 356 g/mol. The van der Waals surface area contributed by atoms with Gasteiger partial charge >= 0.3 is 0 Å². The lowest BCUT2D eigenvalue weighted by molar-refractivity contribution is -0.111. The summed E-state index contributed by atoms with van der Waals surface area (Å²) in [6.07, 6.45) is 3.15. The van der Waals surface area contributed by atoms with E-state index in [1.807, 2.05) is 43.3 Å². The number of carbonyl (C=O) groups is 1. The molecule has 2 rings (SSSR count). The van der Waals surface area contributed by atoms with Crippen molar-refractivity contribution in [1.82, 2.24) is 0 Å². The number of hydrogen-bond donors (Lipinski definition) is 1. The molecule has 138 valence electrons. The van der Waals surface area contributed by atoms with Crippen molar-refractivity contribution in [2.45, 2.75) is 0 Å². The highest BCUT2D eigenvalue weighted by molar-refractivity contribution is 6.02. The van der Waals surface area contributed by atoms with Crippen LogP contribution in [0.15, 0.2) is 42.5 Å². The maximum absolute atomic E-state index is 12.1. The van der Waals surface area contributed by atoms with Crippen LogP contribution in [0.5, 0.6) is 17.2 Å². The predicted molar refractivity (Wildman–Crippen MR) is 105 cm³/mol. The minimum atomic E-state index is -0.226. The lowest BCUT2D eigenvalue weighted by Gasteiger charge is -2.13. The molecule has 0 heterocycles. The number of methoxy groups -OCH3 is 3. The molecule has 6 heteroatoms. The number of ether oxygens (including phenoxy) is 3. The molecule has 1 amide bonds. The van der Waals surface area contributed by atoms with Gasteiger partial charge in [-0.1, -0.05) is 0 Å². The van der Waals surface area contributed by atoms with Gasteiger partial charge in [-0.3, -0.25) is 4.79 Å². The van der Waals surface area contributed by atoms with E-state index in [0.717, 1.165) is 16.9 Å². The lowest BCUT2D eigenvalue weighted by Crippen LogP contribution is -2.10. The van der Waals surface area contributed by atoms with Crippen LogP contribution in [-0.2, 0) is 4.79 Å². The fraction of sp³-hybridized carbons (Fsp3) is 0.250. The van der Waals surface area contributed by atoms with Crippen LogP contribution in [-0.4, -0.2) is 41.3 Å². The van der Waals surface area contributed by atoms with E-state index in [-0.39, 0.29) is 5.91 Å². The molecule has 0 bridgehead atoms. The molecule has 0 atom stereocenters. The normalized spacial score (nSPS) is 10.5. The largest absolute Gasteiger partial charge is 0.493 e. The molecule has 0 saturated carbocycles. The Morgan fingerprint density at radius 1 is 0.962 bits per heavy atom. The van der Waals surface area contributed by atoms with Gasteiger partial charge in [0.25, 0.3) is 0 Å². The summed E-state index contributed by atoms with van der Waals surface area (Å²) < 4.78 is 15.9. The number of nitrogens with one attached hydrogen (secondary N) is 1. The zero-order valence-electron chi connectivity index (χ0n) is 15.7. The van der Waals surface area contributed by atoms with Gasteiger partial charge in [0.15, 0.2) is 11.5 Å². The molecule has 0 aliphatic carbocycles. The van der Waals surface area contributed by atoms with Gasteiger partial charge in [-0.25, -0.2) is 0 Å². The maximum Gasteiger partial charge on any atom is 0.248 e. The second-order valence-electron chi connectivity index (χ2n) is 5.72. The molecule has 0 radical (unpaired) electrons. The molecule has 0 unspecified atom stereocenters. The van der Waals surface area contributed by atoms with Crippen molar-refractivity contribution in [2.75, 3.05) is 45.6 Å². The highest BCUT2D eigenvalue weighted by Gasteiger charge is 2.12. The molecular weight excluding hydrogens is 332 g/mol. The second kappa shape index (κ2) is 8.80. The minimum absolute atomic E-state index is 0.226. The quantitative estimate of drug-likeness (QED) is 0.770. The molecule has 26 heavy (non-hydrogen) atoms. The molecule has 1 N–H and O–H groups in total. The summed E-state index contributed by atoms with van der Waals surface area (Å²) in [5, 5.41) is 2.83. The molecule has 6 nitrogen and oxygen atoms in total. The summed E-state index contributed by atoms with van der Waals surface area (Å²) in [5.41, 5.74) is 2.56. The first-order chi connectivity index (χ1) is 12.5. The summed E-state index contributed by atoms with van der Waals surface area (Å²) in [6.45, 7) is 0. The van der Waals surface area contributed by atoms with Crippen molar-refractivity contribution in [3.63, 3.8) is 0 Å². The van der Waals surface area contributed by atoms with Gasteiger partial charge in [0.1, 0.15) is 0 Å². The van der Waals surface area contributed by atoms with Gasteiger partial charge in [-0.05, 0) is 48.0 Å². The fourth-order valence-electron chi connectivity index (χ4n) is 2.40. The Hall–Kier alpha value is -3.15. The highest BCUT2D eigenvalue weighted by atomic mass is 16.5. The number of anilines is 2. The SMILES string of the molecule is COc1cc(/C=C/C(=O)Nc2ccc(N(C)C)cc2)cc(OC)c1OC. The van der Waals surface area contributed by atoms with E-state index in [2.05, 4.69) is 5.32 Å². The molecule has 0 aliphatic heterocycles. The van der Waals surface area contributed by atoms with E-state index in [4.69, 9.17) is 14.2 Å². The summed E-state index contributed by atoms with van der Waals surface area (Å²) in [5.74, 6) is 1.35. The fourth-order valence-corrected chi connectivity index (χ4v) is 2.40. The molecule has 2 aromatic carbocycles. The second-order valence-corrected chi connectivity index (χ2v) is 5.72. The molecular formula is C20H24N2O4. The number of benzene rings is 2. The smallest absolute Gasteiger partial charge is 0.248 e. The Balaban J connectivity index is 2.12. The lowest BCUT2D eigenvalue weighted by atomic mass is 10.1. The van der Waals surface area contributed by atoms with Gasteiger partial charge in [0, 0.05) is 31.5 Å². The van der Waals surface area contributed by atoms with Crippen LogP contribution in [0.4, 0.5) is 11.4 Å².